The number of aliphatic carboxylic acids is 1. The van der Waals surface area contributed by atoms with Crippen LogP contribution in [0.5, 0.6) is 5.75 Å². The second kappa shape index (κ2) is 22.7. The number of hydrogen-bond donors (Lipinski definition) is 5. The van der Waals surface area contributed by atoms with E-state index in [1.807, 2.05) is 118 Å². The van der Waals surface area contributed by atoms with Crippen molar-refractivity contribution in [1.29, 1.82) is 0 Å². The van der Waals surface area contributed by atoms with Gasteiger partial charge in [-0.3, -0.25) is 9.59 Å². The number of fused-ring (bicyclic) bond motifs is 1. The molecule has 336 valence electrons. The summed E-state index contributed by atoms with van der Waals surface area (Å²) in [6, 6.07) is 43.0. The Morgan fingerprint density at radius 1 is 0.750 bits per heavy atom. The Kier molecular flexibility index (Phi) is 16.9. The van der Waals surface area contributed by atoms with Crippen LogP contribution in [0.15, 0.2) is 140 Å². The number of nitrogens with one attached hydrogen (secondary N) is 4. The highest BCUT2D eigenvalue weighted by atomic mass is 32.2. The number of hydrogen-bond acceptors (Lipinski definition) is 9. The first-order valence-corrected chi connectivity index (χ1v) is 23.9. The molecule has 11 nitrogen and oxygen atoms in total. The zero-order valence-electron chi connectivity index (χ0n) is 36.8. The first-order chi connectivity index (χ1) is 30.9. The fourth-order valence-corrected chi connectivity index (χ4v) is 9.81. The average Bonchev–Trinajstić information content (AvgIpc) is 3.29. The number of carboxylic acid groups (broad SMARTS) is 1. The third-order valence-corrected chi connectivity index (χ3v) is 13.2. The van der Waals surface area contributed by atoms with Crippen LogP contribution in [0.1, 0.15) is 77.8 Å². The molecule has 0 spiro atoms. The van der Waals surface area contributed by atoms with Crippen molar-refractivity contribution in [1.82, 2.24) is 21.3 Å². The van der Waals surface area contributed by atoms with Gasteiger partial charge in [-0.25, -0.2) is 9.59 Å². The van der Waals surface area contributed by atoms with Gasteiger partial charge in [0, 0.05) is 36.7 Å². The van der Waals surface area contributed by atoms with Crippen LogP contribution in [-0.2, 0) is 25.5 Å². The van der Waals surface area contributed by atoms with E-state index in [0.29, 0.717) is 36.8 Å². The number of carbonyl (C=O) groups is 4. The van der Waals surface area contributed by atoms with E-state index in [1.165, 1.54) is 11.8 Å². The maximum atomic E-state index is 14.2. The molecular formula is C51H58N4O7S2. The monoisotopic (exact) mass is 902 g/mol. The van der Waals surface area contributed by atoms with Crippen LogP contribution in [0.4, 0.5) is 4.79 Å². The predicted molar refractivity (Wildman–Crippen MR) is 256 cm³/mol. The summed E-state index contributed by atoms with van der Waals surface area (Å²) in [7, 11) is 0. The summed E-state index contributed by atoms with van der Waals surface area (Å²) in [6.07, 6.45) is 2.33. The largest absolute Gasteiger partial charge is 0.492 e. The number of para-hydroxylation sites is 1. The van der Waals surface area contributed by atoms with Crippen molar-refractivity contribution in [3.05, 3.63) is 173 Å². The molecule has 0 fully saturated rings. The van der Waals surface area contributed by atoms with E-state index in [9.17, 15) is 24.3 Å². The van der Waals surface area contributed by atoms with Crippen molar-refractivity contribution in [2.75, 3.05) is 30.9 Å². The Bertz CT molecular complexity index is 2200. The van der Waals surface area contributed by atoms with Gasteiger partial charge in [0.25, 0.3) is 5.91 Å². The molecule has 0 aliphatic carbocycles. The quantitative estimate of drug-likeness (QED) is 0.0482. The molecule has 4 atom stereocenters. The average molecular weight is 903 g/mol. The molecule has 0 aromatic heterocycles. The fraction of sp³-hybridized carbons (Fsp3) is 0.333. The van der Waals surface area contributed by atoms with Gasteiger partial charge in [0.15, 0.2) is 0 Å². The van der Waals surface area contributed by atoms with Crippen molar-refractivity contribution >= 4 is 47.4 Å². The third kappa shape index (κ3) is 12.7. The minimum Gasteiger partial charge on any atom is -0.492 e. The summed E-state index contributed by atoms with van der Waals surface area (Å²) in [4.78, 5) is 53.4. The second-order valence-electron chi connectivity index (χ2n) is 16.7. The molecule has 5 aromatic carbocycles. The van der Waals surface area contributed by atoms with Crippen LogP contribution in [0.25, 0.3) is 0 Å². The number of rotatable bonds is 20. The molecule has 5 N–H and O–H groups in total. The molecule has 0 saturated heterocycles. The van der Waals surface area contributed by atoms with Crippen molar-refractivity contribution in [3.8, 4) is 5.75 Å². The molecule has 1 unspecified atom stereocenters. The van der Waals surface area contributed by atoms with Gasteiger partial charge in [0.05, 0.1) is 23.0 Å². The van der Waals surface area contributed by atoms with Crippen LogP contribution in [0.3, 0.4) is 0 Å². The molecule has 6 rings (SSSR count). The van der Waals surface area contributed by atoms with Crippen LogP contribution in [-0.4, -0.2) is 83.6 Å². The smallest absolute Gasteiger partial charge is 0.407 e. The highest BCUT2D eigenvalue weighted by Crippen LogP contribution is 2.48. The molecule has 1 aliphatic rings. The molecule has 0 radical (unpaired) electrons. The van der Waals surface area contributed by atoms with Gasteiger partial charge in [-0.15, -0.1) is 11.8 Å². The van der Waals surface area contributed by atoms with Crippen LogP contribution >= 0.6 is 23.5 Å². The molecular weight excluding hydrogens is 845 g/mol. The third-order valence-electron chi connectivity index (χ3n) is 10.8. The first kappa shape index (κ1) is 47.7. The summed E-state index contributed by atoms with van der Waals surface area (Å²) < 4.78 is 11.3. The summed E-state index contributed by atoms with van der Waals surface area (Å²) in [5.41, 5.74) is 4.42. The maximum absolute atomic E-state index is 14.2. The number of amides is 3. The molecule has 13 heteroatoms. The van der Waals surface area contributed by atoms with Gasteiger partial charge in [0.2, 0.25) is 5.91 Å². The van der Waals surface area contributed by atoms with Gasteiger partial charge in [-0.2, -0.15) is 11.8 Å². The van der Waals surface area contributed by atoms with E-state index in [4.69, 9.17) is 9.47 Å². The summed E-state index contributed by atoms with van der Waals surface area (Å²) in [5.74, 6) is -0.816. The molecule has 64 heavy (non-hydrogen) atoms. The van der Waals surface area contributed by atoms with Gasteiger partial charge < -0.3 is 35.8 Å². The highest BCUT2D eigenvalue weighted by molar-refractivity contribution is 8.00. The maximum Gasteiger partial charge on any atom is 0.407 e. The zero-order chi connectivity index (χ0) is 45.5. The summed E-state index contributed by atoms with van der Waals surface area (Å²) >= 11 is 3.23. The number of carbonyl (C=O) groups excluding carboxylic acids is 3. The molecule has 0 bridgehead atoms. The van der Waals surface area contributed by atoms with Crippen molar-refractivity contribution in [2.24, 2.45) is 0 Å². The van der Waals surface area contributed by atoms with Crippen molar-refractivity contribution < 1.29 is 33.8 Å². The summed E-state index contributed by atoms with van der Waals surface area (Å²) in [6.45, 7) is 6.19. The van der Waals surface area contributed by atoms with E-state index in [1.54, 1.807) is 23.9 Å². The normalized spacial score (nSPS) is 15.0. The Labute approximate surface area is 384 Å². The number of alkyl carbamates (subject to hydrolysis) is 1. The van der Waals surface area contributed by atoms with Gasteiger partial charge >= 0.3 is 12.1 Å². The Hall–Kier alpha value is -5.76. The number of benzene rings is 5. The molecule has 1 aliphatic heterocycles. The number of thioether (sulfide) groups is 2. The highest BCUT2D eigenvalue weighted by Gasteiger charge is 2.38. The van der Waals surface area contributed by atoms with Crippen molar-refractivity contribution in [3.63, 3.8) is 0 Å². The molecule has 1 heterocycles. The predicted octanol–water partition coefficient (Wildman–Crippen LogP) is 8.38. The second-order valence-corrected chi connectivity index (χ2v) is 18.9. The van der Waals surface area contributed by atoms with Crippen molar-refractivity contribution in [2.45, 2.75) is 74.5 Å². The lowest BCUT2D eigenvalue weighted by Gasteiger charge is -2.37. The molecule has 0 saturated carbocycles. The lowest BCUT2D eigenvalue weighted by Crippen LogP contribution is -2.52. The van der Waals surface area contributed by atoms with Gasteiger partial charge in [-0.05, 0) is 67.5 Å². The lowest BCUT2D eigenvalue weighted by atomic mass is 9.84. The van der Waals surface area contributed by atoms with Gasteiger partial charge in [0.1, 0.15) is 23.4 Å². The Balaban J connectivity index is 1.25. The van der Waals surface area contributed by atoms with E-state index >= 15 is 0 Å². The minimum absolute atomic E-state index is 0.150. The molecule has 5 aromatic rings. The van der Waals surface area contributed by atoms with Crippen LogP contribution in [0.2, 0.25) is 0 Å². The van der Waals surface area contributed by atoms with E-state index in [-0.39, 0.29) is 24.4 Å². The van der Waals surface area contributed by atoms with Crippen LogP contribution in [0, 0.1) is 0 Å². The summed E-state index contributed by atoms with van der Waals surface area (Å²) in [5, 5.41) is 22.2. The first-order valence-electron chi connectivity index (χ1n) is 21.5. The topological polar surface area (TPSA) is 155 Å². The van der Waals surface area contributed by atoms with Crippen LogP contribution < -0.4 is 26.0 Å². The Morgan fingerprint density at radius 2 is 1.33 bits per heavy atom. The van der Waals surface area contributed by atoms with E-state index in [0.717, 1.165) is 27.8 Å². The number of carboxylic acids is 1. The van der Waals surface area contributed by atoms with E-state index < -0.39 is 52.4 Å². The molecule has 3 amide bonds. The fourth-order valence-electron chi connectivity index (χ4n) is 7.78. The standard InChI is InChI=1S/C51H58N4O7S2/c1-50(2,3)62-49(60)53-39(34-64-51(36-20-11-6-12-21-36,37-22-13-7-14-23-37)38-24-15-8-16-25-38)33-52-42-28-30-61-45-40(42)26-17-27-41(45)46(56)55-44(32-35-18-9-5-10-19-35)47(57)54-43(48(58)59)29-31-63-4/h5-27,39,42-44,52H,28-34H2,1-4H3,(H,53,60)(H,54,57)(H,55,56)(H,58,59)/t39-,42?,43+,44+/m1/s1. The SMILES string of the molecule is CSCC[C@H](NC(=O)[C@H](Cc1ccccc1)NC(=O)c1cccc2c1OCCC2NC[C@H](CSC(c1ccccc1)(c1ccccc1)c1ccccc1)NC(=O)OC(C)(C)C)C(=O)O. The number of ether oxygens (including phenoxy) is 2. The zero-order valence-corrected chi connectivity index (χ0v) is 38.4. The van der Waals surface area contributed by atoms with Gasteiger partial charge in [-0.1, -0.05) is 133 Å². The van der Waals surface area contributed by atoms with E-state index in [2.05, 4.69) is 57.7 Å². The Morgan fingerprint density at radius 3 is 1.88 bits per heavy atom. The minimum atomic E-state index is -1.14. The lowest BCUT2D eigenvalue weighted by molar-refractivity contribution is -0.142.